The molecule has 0 fully saturated rings. The normalized spacial score (nSPS) is 10.6. The zero-order valence-electron chi connectivity index (χ0n) is 8.25. The minimum absolute atomic E-state index is 0.383. The first kappa shape index (κ1) is 12.9. The van der Waals surface area contributed by atoms with Gasteiger partial charge in [0.15, 0.2) is 5.75 Å². The van der Waals surface area contributed by atoms with E-state index in [1.807, 2.05) is 4.72 Å². The summed E-state index contributed by atoms with van der Waals surface area (Å²) in [5.41, 5.74) is -1.10. The third-order valence-electron chi connectivity index (χ3n) is 1.68. The molecule has 7 nitrogen and oxygen atoms in total. The van der Waals surface area contributed by atoms with Crippen LogP contribution in [0.25, 0.3) is 0 Å². The molecule has 9 heteroatoms. The number of benzene rings is 1. The molecule has 0 aliphatic heterocycles. The van der Waals surface area contributed by atoms with E-state index in [2.05, 4.69) is 0 Å². The number of nitro groups is 1. The molecule has 1 aromatic rings. The Morgan fingerprint density at radius 3 is 2.71 bits per heavy atom. The van der Waals surface area contributed by atoms with Crippen LogP contribution in [-0.4, -0.2) is 19.1 Å². The number of nitrogens with zero attached hydrogens (tertiary/aromatic N) is 2. The second-order valence-corrected chi connectivity index (χ2v) is 4.66. The molecule has 0 radical (unpaired) electrons. The predicted molar refractivity (Wildman–Crippen MR) is 56.1 cm³/mol. The molecule has 0 spiro atoms. The van der Waals surface area contributed by atoms with Crippen LogP contribution in [0.15, 0.2) is 18.2 Å². The number of nitro benzene ring substituents is 1. The van der Waals surface area contributed by atoms with Crippen molar-refractivity contribution in [1.82, 2.24) is 0 Å². The number of halogens is 1. The third kappa shape index (κ3) is 3.39. The van der Waals surface area contributed by atoms with Gasteiger partial charge in [-0.05, 0) is 12.1 Å². The number of hydrogen-bond acceptors (Lipinski definition) is 5. The molecule has 0 unspecified atom stereocenters. The second kappa shape index (κ2) is 4.75. The van der Waals surface area contributed by atoms with Gasteiger partial charge in [0.2, 0.25) is 10.0 Å². The summed E-state index contributed by atoms with van der Waals surface area (Å²) in [7, 11) is -3.99. The highest BCUT2D eigenvalue weighted by Crippen LogP contribution is 2.25. The van der Waals surface area contributed by atoms with Gasteiger partial charge >= 0.3 is 0 Å². The molecule has 1 rings (SSSR count). The number of nitrogens with one attached hydrogen (secondary N) is 1. The lowest BCUT2D eigenvalue weighted by Crippen LogP contribution is -2.16. The SMILES string of the molecule is N#CCS(=O)(=O)Nc1ccc(F)cc1[N+](=O)[O-]. The second-order valence-electron chi connectivity index (χ2n) is 2.94. The van der Waals surface area contributed by atoms with Crippen LogP contribution in [-0.2, 0) is 10.0 Å². The maximum Gasteiger partial charge on any atom is 0.296 e. The maximum absolute atomic E-state index is 12.8. The summed E-state index contributed by atoms with van der Waals surface area (Å²) < 4.78 is 37.0. The van der Waals surface area contributed by atoms with Crippen molar-refractivity contribution in [3.8, 4) is 6.07 Å². The van der Waals surface area contributed by atoms with Crippen molar-refractivity contribution in [2.45, 2.75) is 0 Å². The first-order chi connectivity index (χ1) is 7.85. The Morgan fingerprint density at radius 2 is 2.18 bits per heavy atom. The smallest absolute Gasteiger partial charge is 0.276 e. The summed E-state index contributed by atoms with van der Waals surface area (Å²) in [6, 6.07) is 3.77. The van der Waals surface area contributed by atoms with Gasteiger partial charge < -0.3 is 0 Å². The van der Waals surface area contributed by atoms with Gasteiger partial charge in [-0.25, -0.2) is 12.8 Å². The summed E-state index contributed by atoms with van der Waals surface area (Å²) in [5, 5.41) is 18.8. The van der Waals surface area contributed by atoms with Crippen molar-refractivity contribution in [1.29, 1.82) is 5.26 Å². The molecule has 17 heavy (non-hydrogen) atoms. The Labute approximate surface area is 95.7 Å². The Balaban J connectivity index is 3.16. The van der Waals surface area contributed by atoms with E-state index in [4.69, 9.17) is 5.26 Å². The Kier molecular flexibility index (Phi) is 3.59. The lowest BCUT2D eigenvalue weighted by Gasteiger charge is -2.05. The highest BCUT2D eigenvalue weighted by Gasteiger charge is 2.19. The Hall–Kier alpha value is -2.21. The Morgan fingerprint density at radius 1 is 1.53 bits per heavy atom. The topological polar surface area (TPSA) is 113 Å². The molecule has 0 aliphatic rings. The predicted octanol–water partition coefficient (Wildman–Crippen LogP) is 0.999. The van der Waals surface area contributed by atoms with E-state index in [0.717, 1.165) is 12.1 Å². The lowest BCUT2D eigenvalue weighted by atomic mass is 10.3. The van der Waals surface area contributed by atoms with E-state index in [1.165, 1.54) is 6.07 Å². The molecule has 0 heterocycles. The zero-order valence-corrected chi connectivity index (χ0v) is 9.07. The largest absolute Gasteiger partial charge is 0.296 e. The van der Waals surface area contributed by atoms with Crippen LogP contribution in [0.4, 0.5) is 15.8 Å². The van der Waals surface area contributed by atoms with Crippen molar-refractivity contribution >= 4 is 21.4 Å². The first-order valence-electron chi connectivity index (χ1n) is 4.17. The molecule has 0 saturated heterocycles. The maximum atomic E-state index is 12.8. The fraction of sp³-hybridized carbons (Fsp3) is 0.125. The number of rotatable bonds is 4. The molecule has 0 atom stereocenters. The summed E-state index contributed by atoms with van der Waals surface area (Å²) in [6.07, 6.45) is 0. The van der Waals surface area contributed by atoms with E-state index in [0.29, 0.717) is 6.07 Å². The van der Waals surface area contributed by atoms with Gasteiger partial charge in [0.25, 0.3) is 5.69 Å². The molecular weight excluding hydrogens is 253 g/mol. The number of hydrogen-bond donors (Lipinski definition) is 1. The zero-order chi connectivity index (χ0) is 13.1. The van der Waals surface area contributed by atoms with E-state index in [1.54, 1.807) is 0 Å². The van der Waals surface area contributed by atoms with Gasteiger partial charge in [0, 0.05) is 0 Å². The van der Waals surface area contributed by atoms with Crippen molar-refractivity contribution in [3.05, 3.63) is 34.1 Å². The van der Waals surface area contributed by atoms with Gasteiger partial charge in [0.1, 0.15) is 11.5 Å². The fourth-order valence-corrected chi connectivity index (χ4v) is 1.78. The van der Waals surface area contributed by atoms with E-state index in [-0.39, 0.29) is 5.69 Å². The molecule has 0 saturated carbocycles. The van der Waals surface area contributed by atoms with E-state index in [9.17, 15) is 22.9 Å². The molecule has 0 aromatic heterocycles. The number of sulfonamides is 1. The van der Waals surface area contributed by atoms with Crippen molar-refractivity contribution in [3.63, 3.8) is 0 Å². The quantitative estimate of drug-likeness (QED) is 0.640. The van der Waals surface area contributed by atoms with Crippen LogP contribution in [0.2, 0.25) is 0 Å². The Bertz CT molecular complexity index is 593. The van der Waals surface area contributed by atoms with Crippen LogP contribution in [0.5, 0.6) is 0 Å². The van der Waals surface area contributed by atoms with E-state index >= 15 is 0 Å². The standard InChI is InChI=1S/C8H6FN3O4S/c9-6-1-2-7(8(5-6)12(13)14)11-17(15,16)4-3-10/h1-2,5,11H,4H2. The van der Waals surface area contributed by atoms with Gasteiger partial charge in [0.05, 0.1) is 17.1 Å². The molecule has 1 aromatic carbocycles. The number of anilines is 1. The van der Waals surface area contributed by atoms with E-state index < -0.39 is 32.2 Å². The molecule has 0 bridgehead atoms. The van der Waals surface area contributed by atoms with Crippen LogP contribution in [0.1, 0.15) is 0 Å². The molecule has 90 valence electrons. The summed E-state index contributed by atoms with van der Waals surface area (Å²) in [4.78, 5) is 9.63. The molecule has 0 amide bonds. The average molecular weight is 259 g/mol. The van der Waals surface area contributed by atoms with Gasteiger partial charge in [-0.15, -0.1) is 0 Å². The van der Waals surface area contributed by atoms with Crippen LogP contribution < -0.4 is 4.72 Å². The minimum Gasteiger partial charge on any atom is -0.276 e. The van der Waals surface area contributed by atoms with Crippen LogP contribution in [0.3, 0.4) is 0 Å². The molecule has 0 aliphatic carbocycles. The third-order valence-corrected chi connectivity index (χ3v) is 2.72. The number of nitriles is 1. The highest BCUT2D eigenvalue weighted by atomic mass is 32.2. The highest BCUT2D eigenvalue weighted by molar-refractivity contribution is 7.92. The summed E-state index contributed by atoms with van der Waals surface area (Å²) in [6.45, 7) is 0. The van der Waals surface area contributed by atoms with Gasteiger partial charge in [-0.2, -0.15) is 5.26 Å². The van der Waals surface area contributed by atoms with Gasteiger partial charge in [-0.3, -0.25) is 14.8 Å². The minimum atomic E-state index is -3.99. The first-order valence-corrected chi connectivity index (χ1v) is 5.82. The van der Waals surface area contributed by atoms with Crippen molar-refractivity contribution < 1.29 is 17.7 Å². The van der Waals surface area contributed by atoms with Crippen molar-refractivity contribution in [2.24, 2.45) is 0 Å². The summed E-state index contributed by atoms with van der Waals surface area (Å²) >= 11 is 0. The summed E-state index contributed by atoms with van der Waals surface area (Å²) in [5.74, 6) is -1.71. The molecular formula is C8H6FN3O4S. The van der Waals surface area contributed by atoms with Gasteiger partial charge in [-0.1, -0.05) is 0 Å². The molecule has 1 N–H and O–H groups in total. The lowest BCUT2D eigenvalue weighted by molar-refractivity contribution is -0.384. The van der Waals surface area contributed by atoms with Crippen LogP contribution in [0, 0.1) is 27.3 Å². The fourth-order valence-electron chi connectivity index (χ4n) is 1.03. The van der Waals surface area contributed by atoms with Crippen LogP contribution >= 0.6 is 0 Å². The van der Waals surface area contributed by atoms with Crippen molar-refractivity contribution in [2.75, 3.05) is 10.5 Å². The average Bonchev–Trinajstić information content (AvgIpc) is 2.20. The monoisotopic (exact) mass is 259 g/mol.